The van der Waals surface area contributed by atoms with E-state index in [1.807, 2.05) is 13.8 Å². The normalized spacial score (nSPS) is 12.7. The van der Waals surface area contributed by atoms with Crippen LogP contribution in [0.3, 0.4) is 0 Å². The number of halogens is 2. The Morgan fingerprint density at radius 1 is 1.50 bits per heavy atom. The molecule has 1 aromatic rings. The molecule has 0 saturated carbocycles. The van der Waals surface area contributed by atoms with Gasteiger partial charge in [0.1, 0.15) is 11.9 Å². The molecule has 0 unspecified atom stereocenters. The van der Waals surface area contributed by atoms with Crippen LogP contribution in [-0.4, -0.2) is 17.1 Å². The summed E-state index contributed by atoms with van der Waals surface area (Å²) in [5.41, 5.74) is 0.728. The summed E-state index contributed by atoms with van der Waals surface area (Å²) in [6.45, 7) is 4.28. The molecule has 0 radical (unpaired) electrons. The summed E-state index contributed by atoms with van der Waals surface area (Å²) in [5.74, 6) is -0.924. The quantitative estimate of drug-likeness (QED) is 0.847. The van der Waals surface area contributed by atoms with Crippen LogP contribution in [0, 0.1) is 11.7 Å². The number of carbonyl (C=O) groups is 1. The highest BCUT2D eigenvalue weighted by atomic mass is 79.9. The van der Waals surface area contributed by atoms with Crippen molar-refractivity contribution >= 4 is 21.9 Å². The van der Waals surface area contributed by atoms with Crippen molar-refractivity contribution in [1.82, 2.24) is 5.32 Å². The Morgan fingerprint density at radius 3 is 2.67 bits per heavy atom. The zero-order valence-electron chi connectivity index (χ0n) is 10.4. The van der Waals surface area contributed by atoms with Gasteiger partial charge in [-0.25, -0.2) is 4.39 Å². The van der Waals surface area contributed by atoms with Crippen molar-refractivity contribution in [2.24, 2.45) is 5.92 Å². The average molecular weight is 318 g/mol. The monoisotopic (exact) mass is 317 g/mol. The van der Waals surface area contributed by atoms with E-state index in [0.29, 0.717) is 23.4 Å². The minimum Gasteiger partial charge on any atom is -0.480 e. The second-order valence-corrected chi connectivity index (χ2v) is 5.50. The third-order valence-corrected chi connectivity index (χ3v) is 3.18. The molecule has 0 saturated heterocycles. The van der Waals surface area contributed by atoms with E-state index in [1.165, 1.54) is 6.07 Å². The number of carboxylic acid groups (broad SMARTS) is 1. The van der Waals surface area contributed by atoms with Crippen molar-refractivity contribution in [2.75, 3.05) is 0 Å². The van der Waals surface area contributed by atoms with Crippen molar-refractivity contribution < 1.29 is 14.3 Å². The van der Waals surface area contributed by atoms with Gasteiger partial charge < -0.3 is 10.4 Å². The van der Waals surface area contributed by atoms with Gasteiger partial charge in [0.15, 0.2) is 0 Å². The standard InChI is InChI=1S/C13H17BrFNO2/c1-8(2)5-12(13(17)18)16-7-9-3-4-10(14)11(15)6-9/h3-4,6,8,12,16H,5,7H2,1-2H3,(H,17,18)/t12-/m1/s1. The van der Waals surface area contributed by atoms with Crippen LogP contribution in [-0.2, 0) is 11.3 Å². The van der Waals surface area contributed by atoms with Gasteiger partial charge in [-0.05, 0) is 46.0 Å². The van der Waals surface area contributed by atoms with Gasteiger partial charge in [-0.2, -0.15) is 0 Å². The molecule has 5 heteroatoms. The van der Waals surface area contributed by atoms with Gasteiger partial charge in [-0.3, -0.25) is 4.79 Å². The largest absolute Gasteiger partial charge is 0.480 e. The number of nitrogens with one attached hydrogen (secondary N) is 1. The lowest BCUT2D eigenvalue weighted by molar-refractivity contribution is -0.140. The highest BCUT2D eigenvalue weighted by Crippen LogP contribution is 2.16. The maximum atomic E-state index is 13.3. The van der Waals surface area contributed by atoms with Gasteiger partial charge in [0.05, 0.1) is 4.47 Å². The van der Waals surface area contributed by atoms with Crippen molar-refractivity contribution in [3.05, 3.63) is 34.1 Å². The predicted octanol–water partition coefficient (Wildman–Crippen LogP) is 3.18. The number of aliphatic carboxylic acids is 1. The van der Waals surface area contributed by atoms with Crippen LogP contribution in [0.4, 0.5) is 4.39 Å². The summed E-state index contributed by atoms with van der Waals surface area (Å²) < 4.78 is 13.7. The van der Waals surface area contributed by atoms with Crippen molar-refractivity contribution in [1.29, 1.82) is 0 Å². The summed E-state index contributed by atoms with van der Waals surface area (Å²) >= 11 is 3.08. The highest BCUT2D eigenvalue weighted by molar-refractivity contribution is 9.10. The lowest BCUT2D eigenvalue weighted by Gasteiger charge is -2.16. The van der Waals surface area contributed by atoms with Crippen LogP contribution in [0.15, 0.2) is 22.7 Å². The molecular formula is C13H17BrFNO2. The van der Waals surface area contributed by atoms with Crippen LogP contribution < -0.4 is 5.32 Å². The van der Waals surface area contributed by atoms with E-state index in [0.717, 1.165) is 5.56 Å². The van der Waals surface area contributed by atoms with E-state index in [9.17, 15) is 9.18 Å². The maximum absolute atomic E-state index is 13.3. The Labute approximate surface area is 115 Å². The maximum Gasteiger partial charge on any atom is 0.320 e. The van der Waals surface area contributed by atoms with Crippen molar-refractivity contribution in [2.45, 2.75) is 32.9 Å². The average Bonchev–Trinajstić information content (AvgIpc) is 2.28. The molecule has 3 nitrogen and oxygen atoms in total. The first-order valence-electron chi connectivity index (χ1n) is 5.80. The van der Waals surface area contributed by atoms with Gasteiger partial charge in [-0.1, -0.05) is 19.9 Å². The van der Waals surface area contributed by atoms with Gasteiger partial charge in [0.2, 0.25) is 0 Å². The predicted molar refractivity (Wildman–Crippen MR) is 71.8 cm³/mol. The molecule has 0 spiro atoms. The third-order valence-electron chi connectivity index (χ3n) is 2.54. The number of carboxylic acids is 1. The summed E-state index contributed by atoms with van der Waals surface area (Å²) in [4.78, 5) is 11.0. The second kappa shape index (κ2) is 6.85. The van der Waals surface area contributed by atoms with E-state index >= 15 is 0 Å². The molecule has 0 amide bonds. The topological polar surface area (TPSA) is 49.3 Å². The van der Waals surface area contributed by atoms with E-state index < -0.39 is 12.0 Å². The Balaban J connectivity index is 2.61. The molecule has 100 valence electrons. The molecule has 0 fully saturated rings. The van der Waals surface area contributed by atoms with Gasteiger partial charge in [0.25, 0.3) is 0 Å². The number of hydrogen-bond donors (Lipinski definition) is 2. The molecule has 1 aromatic carbocycles. The molecule has 0 aromatic heterocycles. The summed E-state index contributed by atoms with van der Waals surface area (Å²) in [7, 11) is 0. The fraction of sp³-hybridized carbons (Fsp3) is 0.462. The smallest absolute Gasteiger partial charge is 0.320 e. The molecule has 0 bridgehead atoms. The molecule has 1 rings (SSSR count). The SMILES string of the molecule is CC(C)C[C@@H](NCc1ccc(Br)c(F)c1)C(=O)O. The molecule has 0 aliphatic rings. The van der Waals surface area contributed by atoms with E-state index in [-0.39, 0.29) is 5.82 Å². The van der Waals surface area contributed by atoms with Gasteiger partial charge >= 0.3 is 5.97 Å². The Hall–Kier alpha value is -0.940. The lowest BCUT2D eigenvalue weighted by atomic mass is 10.0. The number of rotatable bonds is 6. The molecule has 2 N–H and O–H groups in total. The molecule has 0 aliphatic carbocycles. The van der Waals surface area contributed by atoms with Crippen LogP contribution in [0.25, 0.3) is 0 Å². The number of benzene rings is 1. The second-order valence-electron chi connectivity index (χ2n) is 4.65. The minimum atomic E-state index is -0.874. The van der Waals surface area contributed by atoms with Crippen LogP contribution >= 0.6 is 15.9 Å². The van der Waals surface area contributed by atoms with Crippen molar-refractivity contribution in [3.63, 3.8) is 0 Å². The van der Waals surface area contributed by atoms with E-state index in [1.54, 1.807) is 12.1 Å². The zero-order chi connectivity index (χ0) is 13.7. The first-order chi connectivity index (χ1) is 8.40. The molecule has 1 atom stereocenters. The van der Waals surface area contributed by atoms with E-state index in [2.05, 4.69) is 21.2 Å². The molecule has 0 heterocycles. The van der Waals surface area contributed by atoms with Crippen LogP contribution in [0.5, 0.6) is 0 Å². The minimum absolute atomic E-state index is 0.292. The first-order valence-corrected chi connectivity index (χ1v) is 6.59. The molecule has 18 heavy (non-hydrogen) atoms. The van der Waals surface area contributed by atoms with Crippen molar-refractivity contribution in [3.8, 4) is 0 Å². The highest BCUT2D eigenvalue weighted by Gasteiger charge is 2.18. The summed E-state index contributed by atoms with van der Waals surface area (Å²) in [5, 5.41) is 12.0. The third kappa shape index (κ3) is 4.74. The van der Waals surface area contributed by atoms with Gasteiger partial charge in [-0.15, -0.1) is 0 Å². The first kappa shape index (κ1) is 15.1. The summed E-state index contributed by atoms with van der Waals surface area (Å²) in [6, 6.07) is 4.17. The fourth-order valence-electron chi connectivity index (χ4n) is 1.63. The fourth-order valence-corrected chi connectivity index (χ4v) is 1.88. The Morgan fingerprint density at radius 2 is 2.17 bits per heavy atom. The Bertz CT molecular complexity index is 423. The Kier molecular flexibility index (Phi) is 5.75. The molecular weight excluding hydrogens is 301 g/mol. The van der Waals surface area contributed by atoms with Crippen LogP contribution in [0.1, 0.15) is 25.8 Å². The van der Waals surface area contributed by atoms with E-state index in [4.69, 9.17) is 5.11 Å². The number of hydrogen-bond acceptors (Lipinski definition) is 2. The summed E-state index contributed by atoms with van der Waals surface area (Å²) in [6.07, 6.45) is 0.550. The van der Waals surface area contributed by atoms with Gasteiger partial charge in [0, 0.05) is 6.54 Å². The van der Waals surface area contributed by atoms with Crippen LogP contribution in [0.2, 0.25) is 0 Å². The lowest BCUT2D eigenvalue weighted by Crippen LogP contribution is -2.37. The molecule has 0 aliphatic heterocycles. The zero-order valence-corrected chi connectivity index (χ0v) is 12.0.